The number of halogens is 1. The fourth-order valence-electron chi connectivity index (χ4n) is 1.67. The topological polar surface area (TPSA) is 50.1 Å². The Morgan fingerprint density at radius 3 is 2.71 bits per heavy atom. The van der Waals surface area contributed by atoms with Gasteiger partial charge in [0, 0.05) is 4.47 Å². The van der Waals surface area contributed by atoms with Crippen LogP contribution in [0.15, 0.2) is 16.6 Å². The minimum Gasteiger partial charge on any atom is -0.466 e. The predicted octanol–water partition coefficient (Wildman–Crippen LogP) is 2.99. The van der Waals surface area contributed by atoms with Gasteiger partial charge in [-0.3, -0.25) is 4.79 Å². The Hall–Kier alpha value is -1.34. The third-order valence-electron chi connectivity index (χ3n) is 2.43. The Balaban J connectivity index is 3.12. The van der Waals surface area contributed by atoms with E-state index in [-0.39, 0.29) is 12.4 Å². The van der Waals surface area contributed by atoms with Crippen molar-refractivity contribution in [1.82, 2.24) is 0 Å². The van der Waals surface area contributed by atoms with Crippen LogP contribution >= 0.6 is 15.9 Å². The normalized spacial score (nSPS) is 9.76. The number of hydrogen-bond acceptors (Lipinski definition) is 3. The van der Waals surface area contributed by atoms with Gasteiger partial charge in [0.2, 0.25) is 0 Å². The maximum atomic E-state index is 11.5. The minimum atomic E-state index is -0.291. The highest BCUT2D eigenvalue weighted by Crippen LogP contribution is 2.22. The standard InChI is InChI=1S/C13H14BrNO2/c1-3-9-5-11(14)6-10(8-15)12(9)7-13(16)17-4-2/h5-6H,3-4,7H2,1-2H3. The molecule has 90 valence electrons. The first-order valence-electron chi connectivity index (χ1n) is 5.49. The number of nitrogens with zero attached hydrogens (tertiary/aromatic N) is 1. The van der Waals surface area contributed by atoms with Gasteiger partial charge < -0.3 is 4.74 Å². The average molecular weight is 296 g/mol. The van der Waals surface area contributed by atoms with Crippen molar-refractivity contribution in [2.24, 2.45) is 0 Å². The lowest BCUT2D eigenvalue weighted by atomic mass is 9.97. The van der Waals surface area contributed by atoms with Gasteiger partial charge in [0.1, 0.15) is 0 Å². The summed E-state index contributed by atoms with van der Waals surface area (Å²) < 4.78 is 5.77. The van der Waals surface area contributed by atoms with E-state index in [9.17, 15) is 4.79 Å². The van der Waals surface area contributed by atoms with Crippen molar-refractivity contribution in [3.8, 4) is 6.07 Å². The molecule has 17 heavy (non-hydrogen) atoms. The number of carbonyl (C=O) groups excluding carboxylic acids is 1. The number of carbonyl (C=O) groups is 1. The molecule has 0 aliphatic rings. The van der Waals surface area contributed by atoms with E-state index in [2.05, 4.69) is 22.0 Å². The average Bonchev–Trinajstić information content (AvgIpc) is 2.31. The fraction of sp³-hybridized carbons (Fsp3) is 0.385. The molecule has 0 unspecified atom stereocenters. The van der Waals surface area contributed by atoms with Crippen LogP contribution < -0.4 is 0 Å². The monoisotopic (exact) mass is 295 g/mol. The summed E-state index contributed by atoms with van der Waals surface area (Å²) in [6.07, 6.45) is 0.941. The third-order valence-corrected chi connectivity index (χ3v) is 2.89. The third kappa shape index (κ3) is 3.57. The number of hydrogen-bond donors (Lipinski definition) is 0. The molecule has 0 aliphatic heterocycles. The molecule has 4 heteroatoms. The van der Waals surface area contributed by atoms with Crippen molar-refractivity contribution in [3.05, 3.63) is 33.3 Å². The quantitative estimate of drug-likeness (QED) is 0.803. The highest BCUT2D eigenvalue weighted by molar-refractivity contribution is 9.10. The Bertz CT molecular complexity index is 463. The first-order chi connectivity index (χ1) is 8.12. The lowest BCUT2D eigenvalue weighted by Gasteiger charge is -2.10. The number of rotatable bonds is 4. The molecule has 0 fully saturated rings. The van der Waals surface area contributed by atoms with E-state index >= 15 is 0 Å². The molecule has 3 nitrogen and oxygen atoms in total. The van der Waals surface area contributed by atoms with Gasteiger partial charge >= 0.3 is 5.97 Å². The number of esters is 1. The Labute approximate surface area is 110 Å². The zero-order chi connectivity index (χ0) is 12.8. The first kappa shape index (κ1) is 13.7. The molecule has 0 radical (unpaired) electrons. The van der Waals surface area contributed by atoms with Gasteiger partial charge in [-0.05, 0) is 36.6 Å². The molecule has 0 aliphatic carbocycles. The van der Waals surface area contributed by atoms with Crippen LogP contribution in [-0.4, -0.2) is 12.6 Å². The van der Waals surface area contributed by atoms with Crippen molar-refractivity contribution in [3.63, 3.8) is 0 Å². The molecule has 0 bridgehead atoms. The summed E-state index contributed by atoms with van der Waals surface area (Å²) >= 11 is 3.36. The first-order valence-corrected chi connectivity index (χ1v) is 6.28. The zero-order valence-electron chi connectivity index (χ0n) is 9.92. The van der Waals surface area contributed by atoms with Gasteiger partial charge in [-0.15, -0.1) is 0 Å². The Morgan fingerprint density at radius 1 is 1.47 bits per heavy atom. The molecular weight excluding hydrogens is 282 g/mol. The highest BCUT2D eigenvalue weighted by atomic mass is 79.9. The van der Waals surface area contributed by atoms with Crippen LogP contribution in [0.5, 0.6) is 0 Å². The number of benzene rings is 1. The largest absolute Gasteiger partial charge is 0.466 e. The van der Waals surface area contributed by atoms with Gasteiger partial charge in [-0.2, -0.15) is 5.26 Å². The zero-order valence-corrected chi connectivity index (χ0v) is 11.5. The Morgan fingerprint density at radius 2 is 2.18 bits per heavy atom. The summed E-state index contributed by atoms with van der Waals surface area (Å²) in [5, 5.41) is 9.08. The fourth-order valence-corrected chi connectivity index (χ4v) is 2.18. The number of nitriles is 1. The molecule has 1 aromatic rings. The Kier molecular flexibility index (Phi) is 5.17. The molecule has 0 saturated carbocycles. The van der Waals surface area contributed by atoms with E-state index in [0.717, 1.165) is 22.0 Å². The van der Waals surface area contributed by atoms with Crippen LogP contribution in [0.25, 0.3) is 0 Å². The van der Waals surface area contributed by atoms with Crippen LogP contribution in [0.3, 0.4) is 0 Å². The second-order valence-corrected chi connectivity index (χ2v) is 4.45. The van der Waals surface area contributed by atoms with E-state index in [1.165, 1.54) is 0 Å². The molecule has 0 heterocycles. The smallest absolute Gasteiger partial charge is 0.310 e. The summed E-state index contributed by atoms with van der Waals surface area (Å²) in [6, 6.07) is 5.79. The number of ether oxygens (including phenoxy) is 1. The second-order valence-electron chi connectivity index (χ2n) is 3.54. The van der Waals surface area contributed by atoms with Crippen molar-refractivity contribution < 1.29 is 9.53 Å². The second kappa shape index (κ2) is 6.41. The van der Waals surface area contributed by atoms with E-state index in [0.29, 0.717) is 12.2 Å². The lowest BCUT2D eigenvalue weighted by molar-refractivity contribution is -0.142. The van der Waals surface area contributed by atoms with Crippen molar-refractivity contribution in [1.29, 1.82) is 5.26 Å². The summed E-state index contributed by atoms with van der Waals surface area (Å²) in [5.41, 5.74) is 2.31. The van der Waals surface area contributed by atoms with Gasteiger partial charge in [-0.25, -0.2) is 0 Å². The van der Waals surface area contributed by atoms with Crippen molar-refractivity contribution in [2.75, 3.05) is 6.61 Å². The van der Waals surface area contributed by atoms with Gasteiger partial charge in [0.05, 0.1) is 24.7 Å². The summed E-state index contributed by atoms with van der Waals surface area (Å²) in [7, 11) is 0. The molecule has 1 aromatic carbocycles. The molecular formula is C13H14BrNO2. The van der Waals surface area contributed by atoms with E-state index in [1.54, 1.807) is 13.0 Å². The van der Waals surface area contributed by atoms with Gasteiger partial charge in [0.15, 0.2) is 0 Å². The molecule has 0 atom stereocenters. The van der Waals surface area contributed by atoms with Crippen molar-refractivity contribution >= 4 is 21.9 Å². The van der Waals surface area contributed by atoms with Crippen LogP contribution in [0.2, 0.25) is 0 Å². The molecule has 0 saturated heterocycles. The van der Waals surface area contributed by atoms with Crippen LogP contribution in [0, 0.1) is 11.3 Å². The SMILES string of the molecule is CCOC(=O)Cc1c(C#N)cc(Br)cc1CC. The van der Waals surface area contributed by atoms with E-state index < -0.39 is 0 Å². The lowest BCUT2D eigenvalue weighted by Crippen LogP contribution is -2.10. The molecule has 1 rings (SSSR count). The summed E-state index contributed by atoms with van der Waals surface area (Å²) in [6.45, 7) is 4.13. The summed E-state index contributed by atoms with van der Waals surface area (Å²) in [4.78, 5) is 11.5. The van der Waals surface area contributed by atoms with E-state index in [4.69, 9.17) is 10.00 Å². The predicted molar refractivity (Wildman–Crippen MR) is 68.6 cm³/mol. The maximum absolute atomic E-state index is 11.5. The summed E-state index contributed by atoms with van der Waals surface area (Å²) in [5.74, 6) is -0.291. The van der Waals surface area contributed by atoms with Gasteiger partial charge in [-0.1, -0.05) is 22.9 Å². The molecule has 0 spiro atoms. The molecule has 0 aromatic heterocycles. The number of aryl methyl sites for hydroxylation is 1. The van der Waals surface area contributed by atoms with E-state index in [1.807, 2.05) is 13.0 Å². The van der Waals surface area contributed by atoms with Crippen LogP contribution in [0.1, 0.15) is 30.5 Å². The van der Waals surface area contributed by atoms with Crippen LogP contribution in [0.4, 0.5) is 0 Å². The maximum Gasteiger partial charge on any atom is 0.310 e. The minimum absolute atomic E-state index is 0.160. The highest BCUT2D eigenvalue weighted by Gasteiger charge is 2.13. The van der Waals surface area contributed by atoms with Crippen LogP contribution in [-0.2, 0) is 22.4 Å². The molecule has 0 N–H and O–H groups in total. The van der Waals surface area contributed by atoms with Crippen molar-refractivity contribution in [2.45, 2.75) is 26.7 Å². The van der Waals surface area contributed by atoms with Gasteiger partial charge in [0.25, 0.3) is 0 Å². The molecule has 0 amide bonds.